The number of amides is 1. The van der Waals surface area contributed by atoms with Crippen LogP contribution >= 0.6 is 0 Å². The molecule has 2 aromatic carbocycles. The summed E-state index contributed by atoms with van der Waals surface area (Å²) in [6, 6.07) is 9.34. The molecule has 1 amide bonds. The molecule has 2 heterocycles. The van der Waals surface area contributed by atoms with Crippen LogP contribution in [0.25, 0.3) is 33.2 Å². The Morgan fingerprint density at radius 3 is 2.61 bits per heavy atom. The molecule has 0 spiro atoms. The van der Waals surface area contributed by atoms with E-state index in [1.54, 1.807) is 6.33 Å². The number of imidazole rings is 2. The predicted octanol–water partition coefficient (Wildman–Crippen LogP) is 3.99. The summed E-state index contributed by atoms with van der Waals surface area (Å²) >= 11 is 0. The number of ether oxygens (including phenoxy) is 1. The molecule has 0 aliphatic rings. The summed E-state index contributed by atoms with van der Waals surface area (Å²) in [4.78, 5) is 28.9. The topological polar surface area (TPSA) is 105 Å². The number of hydrogen-bond acceptors (Lipinski definition) is 6. The Hall–Kier alpha value is -3.21. The van der Waals surface area contributed by atoms with E-state index in [1.807, 2.05) is 38.1 Å². The molecule has 4 aromatic rings. The molecule has 192 valence electrons. The lowest BCUT2D eigenvalue weighted by Crippen LogP contribution is -2.30. The van der Waals surface area contributed by atoms with Crippen molar-refractivity contribution in [3.05, 3.63) is 42.5 Å². The Morgan fingerprint density at radius 1 is 1.14 bits per heavy atom. The SMILES string of the molecule is CN(C)CCN(C)c1cc(-c2ccc3c(c2)ncn3COCC[Si](C)(C)C)c2nc[nH]c2c1C(N)=O. The number of primary amides is 1. The second-order valence-electron chi connectivity index (χ2n) is 10.8. The van der Waals surface area contributed by atoms with Gasteiger partial charge in [-0.15, -0.1) is 0 Å². The van der Waals surface area contributed by atoms with Crippen LogP contribution in [0.1, 0.15) is 10.4 Å². The van der Waals surface area contributed by atoms with E-state index in [0.29, 0.717) is 23.3 Å². The van der Waals surface area contributed by atoms with Gasteiger partial charge in [-0.3, -0.25) is 4.79 Å². The van der Waals surface area contributed by atoms with Crippen molar-refractivity contribution in [1.29, 1.82) is 0 Å². The Morgan fingerprint density at radius 2 is 1.92 bits per heavy atom. The molecular weight excluding hydrogens is 470 g/mol. The number of benzene rings is 2. The van der Waals surface area contributed by atoms with Crippen LogP contribution in [0.3, 0.4) is 0 Å². The zero-order chi connectivity index (χ0) is 26.0. The number of nitrogens with one attached hydrogen (secondary N) is 1. The van der Waals surface area contributed by atoms with Crippen molar-refractivity contribution in [2.24, 2.45) is 5.73 Å². The highest BCUT2D eigenvalue weighted by atomic mass is 28.3. The second kappa shape index (κ2) is 10.4. The number of rotatable bonds is 11. The quantitative estimate of drug-likeness (QED) is 0.235. The first kappa shape index (κ1) is 25.9. The average Bonchev–Trinajstić information content (AvgIpc) is 3.45. The number of carbonyl (C=O) groups excluding carboxylic acids is 1. The van der Waals surface area contributed by atoms with Crippen LogP contribution in [-0.2, 0) is 11.5 Å². The van der Waals surface area contributed by atoms with Gasteiger partial charge in [0.1, 0.15) is 6.73 Å². The van der Waals surface area contributed by atoms with E-state index in [2.05, 4.69) is 62.6 Å². The molecule has 4 rings (SSSR count). The third-order valence-electron chi connectivity index (χ3n) is 6.38. The van der Waals surface area contributed by atoms with Crippen molar-refractivity contribution in [3.63, 3.8) is 0 Å². The molecule has 0 bridgehead atoms. The zero-order valence-electron chi connectivity index (χ0n) is 22.1. The monoisotopic (exact) mass is 507 g/mol. The van der Waals surface area contributed by atoms with Crippen LogP contribution < -0.4 is 10.6 Å². The van der Waals surface area contributed by atoms with Gasteiger partial charge < -0.3 is 29.8 Å². The number of nitrogens with two attached hydrogens (primary N) is 1. The molecule has 36 heavy (non-hydrogen) atoms. The van der Waals surface area contributed by atoms with Crippen molar-refractivity contribution in [2.45, 2.75) is 32.4 Å². The molecule has 9 nitrogen and oxygen atoms in total. The summed E-state index contributed by atoms with van der Waals surface area (Å²) in [5, 5.41) is 0. The molecule has 0 radical (unpaired) electrons. The molecule has 0 aliphatic carbocycles. The van der Waals surface area contributed by atoms with Crippen LogP contribution in [0.5, 0.6) is 0 Å². The van der Waals surface area contributed by atoms with E-state index in [-0.39, 0.29) is 0 Å². The van der Waals surface area contributed by atoms with Crippen molar-refractivity contribution in [3.8, 4) is 11.1 Å². The third-order valence-corrected chi connectivity index (χ3v) is 8.08. The van der Waals surface area contributed by atoms with Crippen molar-refractivity contribution in [1.82, 2.24) is 24.4 Å². The highest BCUT2D eigenvalue weighted by Gasteiger charge is 2.22. The van der Waals surface area contributed by atoms with Gasteiger partial charge in [0.2, 0.25) is 0 Å². The first-order valence-corrected chi connectivity index (χ1v) is 15.9. The van der Waals surface area contributed by atoms with E-state index in [0.717, 1.165) is 53.6 Å². The Labute approximate surface area is 213 Å². The van der Waals surface area contributed by atoms with Crippen LogP contribution in [0.2, 0.25) is 25.7 Å². The van der Waals surface area contributed by atoms with Gasteiger partial charge in [-0.2, -0.15) is 0 Å². The number of anilines is 1. The maximum absolute atomic E-state index is 12.5. The highest BCUT2D eigenvalue weighted by Crippen LogP contribution is 2.36. The molecule has 0 saturated heterocycles. The van der Waals surface area contributed by atoms with Gasteiger partial charge >= 0.3 is 0 Å². The normalized spacial score (nSPS) is 12.2. The molecule has 0 atom stereocenters. The first-order valence-electron chi connectivity index (χ1n) is 12.2. The summed E-state index contributed by atoms with van der Waals surface area (Å²) in [6.45, 7) is 9.88. The molecule has 0 aliphatic heterocycles. The molecule has 2 aromatic heterocycles. The van der Waals surface area contributed by atoms with Crippen LogP contribution in [0.4, 0.5) is 5.69 Å². The van der Waals surface area contributed by atoms with Crippen molar-refractivity contribution < 1.29 is 9.53 Å². The smallest absolute Gasteiger partial charge is 0.253 e. The lowest BCUT2D eigenvalue weighted by Gasteiger charge is -2.24. The fourth-order valence-corrected chi connectivity index (χ4v) is 4.97. The number of fused-ring (bicyclic) bond motifs is 2. The van der Waals surface area contributed by atoms with Gasteiger partial charge in [-0.25, -0.2) is 9.97 Å². The van der Waals surface area contributed by atoms with Crippen molar-refractivity contribution in [2.75, 3.05) is 45.7 Å². The lowest BCUT2D eigenvalue weighted by molar-refractivity contribution is 0.0898. The Bertz CT molecular complexity index is 1370. The lowest BCUT2D eigenvalue weighted by atomic mass is 9.98. The van der Waals surface area contributed by atoms with Gasteiger partial charge in [-0.1, -0.05) is 25.7 Å². The van der Waals surface area contributed by atoms with Gasteiger partial charge in [0, 0.05) is 40.4 Å². The number of likely N-dealkylation sites (N-methyl/N-ethyl adjacent to an activating group) is 2. The van der Waals surface area contributed by atoms with E-state index in [4.69, 9.17) is 10.5 Å². The number of carbonyl (C=O) groups is 1. The molecule has 0 unspecified atom stereocenters. The van der Waals surface area contributed by atoms with Crippen molar-refractivity contribution >= 4 is 41.7 Å². The largest absolute Gasteiger partial charge is 0.373 e. The fraction of sp³-hybridized carbons (Fsp3) is 0.423. The van der Waals surface area contributed by atoms with E-state index in [1.165, 1.54) is 0 Å². The number of aromatic amines is 1. The standard InChI is InChI=1S/C26H37N7O2Si/c1-31(2)9-10-32(3)22-14-19(24-25(29-15-28-24)23(22)26(27)34)18-7-8-21-20(13-18)30-16-33(21)17-35-11-12-36(4,5)6/h7-8,13-16H,9-12,17H2,1-6H3,(H2,27,34)(H,28,29). The van der Waals surface area contributed by atoms with Gasteiger partial charge in [-0.05, 0) is 43.9 Å². The number of nitrogens with zero attached hydrogens (tertiary/aromatic N) is 5. The van der Waals surface area contributed by atoms with E-state index < -0.39 is 14.0 Å². The van der Waals surface area contributed by atoms with Gasteiger partial charge in [0.25, 0.3) is 5.91 Å². The minimum atomic E-state index is -1.12. The Balaban J connectivity index is 1.69. The second-order valence-corrected chi connectivity index (χ2v) is 16.4. The molecular formula is C26H37N7O2Si. The predicted molar refractivity (Wildman–Crippen MR) is 149 cm³/mol. The average molecular weight is 508 g/mol. The van der Waals surface area contributed by atoms with E-state index in [9.17, 15) is 4.79 Å². The maximum Gasteiger partial charge on any atom is 0.253 e. The highest BCUT2D eigenvalue weighted by molar-refractivity contribution is 6.76. The molecule has 0 saturated carbocycles. The van der Waals surface area contributed by atoms with Crippen LogP contribution in [0.15, 0.2) is 36.9 Å². The molecule has 10 heteroatoms. The summed E-state index contributed by atoms with van der Waals surface area (Å²) < 4.78 is 7.96. The fourth-order valence-electron chi connectivity index (χ4n) is 4.21. The Kier molecular flexibility index (Phi) is 7.48. The summed E-state index contributed by atoms with van der Waals surface area (Å²) in [6.07, 6.45) is 3.43. The van der Waals surface area contributed by atoms with Gasteiger partial charge in [0.05, 0.1) is 46.0 Å². The molecule has 0 fully saturated rings. The van der Waals surface area contributed by atoms with E-state index >= 15 is 0 Å². The molecule has 3 N–H and O–H groups in total. The summed E-state index contributed by atoms with van der Waals surface area (Å²) in [7, 11) is 4.91. The first-order chi connectivity index (χ1) is 17.0. The number of hydrogen-bond donors (Lipinski definition) is 2. The zero-order valence-corrected chi connectivity index (χ0v) is 23.1. The number of H-pyrrole nitrogens is 1. The number of aromatic nitrogens is 4. The summed E-state index contributed by atoms with van der Waals surface area (Å²) in [5.74, 6) is -0.481. The minimum Gasteiger partial charge on any atom is -0.373 e. The summed E-state index contributed by atoms with van der Waals surface area (Å²) in [5.41, 5.74) is 12.2. The third kappa shape index (κ3) is 5.61. The van der Waals surface area contributed by atoms with Crippen LogP contribution in [0, 0.1) is 0 Å². The maximum atomic E-state index is 12.5. The van der Waals surface area contributed by atoms with Crippen LogP contribution in [-0.4, -0.2) is 79.2 Å². The minimum absolute atomic E-state index is 0.452. The van der Waals surface area contributed by atoms with Gasteiger partial charge in [0.15, 0.2) is 0 Å².